The van der Waals surface area contributed by atoms with E-state index in [4.69, 9.17) is 4.74 Å². The summed E-state index contributed by atoms with van der Waals surface area (Å²) in [7, 11) is 1.58. The number of nitrogens with zero attached hydrogens (tertiary/aromatic N) is 1. The van der Waals surface area contributed by atoms with Gasteiger partial charge in [0.15, 0.2) is 5.78 Å². The molecule has 1 aliphatic heterocycles. The lowest BCUT2D eigenvalue weighted by atomic mass is 9.69. The van der Waals surface area contributed by atoms with Crippen LogP contribution in [0.2, 0.25) is 0 Å². The number of allylic oxidation sites excluding steroid dienone is 3. The minimum absolute atomic E-state index is 0.0235. The third-order valence-corrected chi connectivity index (χ3v) is 7.07. The van der Waals surface area contributed by atoms with Crippen molar-refractivity contribution >= 4 is 29.1 Å². The summed E-state index contributed by atoms with van der Waals surface area (Å²) in [6.45, 7) is 4.09. The number of benzene rings is 2. The summed E-state index contributed by atoms with van der Waals surface area (Å²) in [6, 6.07) is 15.2. The van der Waals surface area contributed by atoms with Crippen molar-refractivity contribution in [3.05, 3.63) is 81.8 Å². The number of rotatable bonds is 6. The highest BCUT2D eigenvalue weighted by atomic mass is 32.2. The molecule has 2 aliphatic rings. The fourth-order valence-corrected chi connectivity index (χ4v) is 5.35. The number of nitriles is 1. The van der Waals surface area contributed by atoms with Gasteiger partial charge in [-0.3, -0.25) is 9.59 Å². The number of nitrogens with one attached hydrogen (secondary N) is 2. The second kappa shape index (κ2) is 9.96. The van der Waals surface area contributed by atoms with Gasteiger partial charge in [0, 0.05) is 23.4 Å². The van der Waals surface area contributed by atoms with E-state index in [1.807, 2.05) is 38.1 Å². The molecule has 180 valence electrons. The van der Waals surface area contributed by atoms with Crippen LogP contribution >= 0.6 is 11.8 Å². The predicted molar refractivity (Wildman–Crippen MR) is 134 cm³/mol. The first-order valence-corrected chi connectivity index (χ1v) is 12.2. The van der Waals surface area contributed by atoms with E-state index in [0.29, 0.717) is 40.5 Å². The zero-order valence-corrected chi connectivity index (χ0v) is 20.6. The van der Waals surface area contributed by atoms with Crippen molar-refractivity contribution in [3.8, 4) is 11.8 Å². The van der Waals surface area contributed by atoms with Gasteiger partial charge in [0.2, 0.25) is 5.91 Å². The van der Waals surface area contributed by atoms with Gasteiger partial charge < -0.3 is 15.4 Å². The summed E-state index contributed by atoms with van der Waals surface area (Å²) in [5.41, 5.74) is 2.91. The van der Waals surface area contributed by atoms with E-state index in [1.54, 1.807) is 7.11 Å². The number of methoxy groups -OCH3 is 1. The Morgan fingerprint density at radius 1 is 1.20 bits per heavy atom. The largest absolute Gasteiger partial charge is 0.497 e. The number of anilines is 1. The molecule has 8 heteroatoms. The van der Waals surface area contributed by atoms with Gasteiger partial charge in [-0.05, 0) is 53.8 Å². The van der Waals surface area contributed by atoms with Crippen LogP contribution in [0.25, 0.3) is 0 Å². The van der Waals surface area contributed by atoms with Gasteiger partial charge in [-0.15, -0.1) is 0 Å². The van der Waals surface area contributed by atoms with E-state index in [9.17, 15) is 19.2 Å². The van der Waals surface area contributed by atoms with E-state index in [-0.39, 0.29) is 28.7 Å². The number of carbonyl (C=O) groups excluding carboxylic acids is 2. The fraction of sp³-hybridized carbons (Fsp3) is 0.296. The quantitative estimate of drug-likeness (QED) is 0.572. The third kappa shape index (κ3) is 5.41. The zero-order chi connectivity index (χ0) is 25.2. The number of ketones is 1. The smallest absolute Gasteiger partial charge is 0.234 e. The van der Waals surface area contributed by atoms with Gasteiger partial charge >= 0.3 is 0 Å². The summed E-state index contributed by atoms with van der Waals surface area (Å²) in [5, 5.41) is 16.8. The van der Waals surface area contributed by atoms with E-state index >= 15 is 0 Å². The zero-order valence-electron chi connectivity index (χ0n) is 19.8. The number of amides is 1. The average Bonchev–Trinajstić information content (AvgIpc) is 2.82. The predicted octanol–water partition coefficient (Wildman–Crippen LogP) is 5.27. The number of Topliss-reactive ketones (excluding diaryl/α,β-unsaturated/α-hetero) is 1. The first kappa shape index (κ1) is 24.6. The molecule has 0 saturated heterocycles. The SMILES string of the molecule is COc1ccc([C@H]2C(C#N)=C(SCC(=O)Nc3ccc(F)cc3)NC3=C2C(=O)CC(C)(C)C3)cc1. The van der Waals surface area contributed by atoms with Crippen molar-refractivity contribution < 1.29 is 18.7 Å². The topological polar surface area (TPSA) is 91.2 Å². The maximum atomic E-state index is 13.3. The summed E-state index contributed by atoms with van der Waals surface area (Å²) < 4.78 is 18.4. The lowest BCUT2D eigenvalue weighted by Gasteiger charge is -2.39. The highest BCUT2D eigenvalue weighted by Gasteiger charge is 2.42. The molecular formula is C27H26FN3O3S. The molecule has 1 aliphatic carbocycles. The molecule has 4 rings (SSSR count). The number of hydrogen-bond acceptors (Lipinski definition) is 6. The standard InChI is InChI=1S/C27H26FN3O3S/c1-27(2)12-21-25(22(32)13-27)24(16-4-10-19(34-3)11-5-16)20(14-29)26(31-21)35-15-23(33)30-18-8-6-17(28)7-9-18/h4-11,24,31H,12-13,15H2,1-3H3,(H,30,33)/t24-/m0/s1. The Bertz CT molecular complexity index is 1260. The number of hydrogen-bond donors (Lipinski definition) is 2. The van der Waals surface area contributed by atoms with Crippen LogP contribution in [0.4, 0.5) is 10.1 Å². The lowest BCUT2D eigenvalue weighted by Crippen LogP contribution is -2.37. The summed E-state index contributed by atoms with van der Waals surface area (Å²) >= 11 is 1.21. The maximum Gasteiger partial charge on any atom is 0.234 e. The molecule has 1 heterocycles. The second-order valence-corrected chi connectivity index (χ2v) is 10.3. The van der Waals surface area contributed by atoms with Crippen LogP contribution < -0.4 is 15.4 Å². The molecule has 6 nitrogen and oxygen atoms in total. The van der Waals surface area contributed by atoms with Gasteiger partial charge in [0.05, 0.1) is 35.5 Å². The van der Waals surface area contributed by atoms with Crippen LogP contribution in [-0.4, -0.2) is 24.6 Å². The van der Waals surface area contributed by atoms with E-state index < -0.39 is 5.92 Å². The van der Waals surface area contributed by atoms with E-state index in [2.05, 4.69) is 16.7 Å². The van der Waals surface area contributed by atoms with Crippen LogP contribution in [-0.2, 0) is 9.59 Å². The number of halogens is 1. The molecule has 2 aromatic rings. The summed E-state index contributed by atoms with van der Waals surface area (Å²) in [5.74, 6) is -0.438. The monoisotopic (exact) mass is 491 g/mol. The fourth-order valence-electron chi connectivity index (χ4n) is 4.49. The Hall–Kier alpha value is -3.57. The average molecular weight is 492 g/mol. The molecule has 0 unspecified atom stereocenters. The molecule has 0 fully saturated rings. The summed E-state index contributed by atoms with van der Waals surface area (Å²) in [4.78, 5) is 25.8. The lowest BCUT2D eigenvalue weighted by molar-refractivity contribution is -0.118. The van der Waals surface area contributed by atoms with Crippen molar-refractivity contribution in [1.82, 2.24) is 5.32 Å². The van der Waals surface area contributed by atoms with Gasteiger partial charge in [-0.1, -0.05) is 37.7 Å². The minimum Gasteiger partial charge on any atom is -0.497 e. The van der Waals surface area contributed by atoms with Crippen molar-refractivity contribution in [2.75, 3.05) is 18.2 Å². The Balaban J connectivity index is 1.64. The second-order valence-electron chi connectivity index (χ2n) is 9.36. The third-order valence-electron chi connectivity index (χ3n) is 6.05. The van der Waals surface area contributed by atoms with E-state index in [0.717, 1.165) is 11.3 Å². The Kier molecular flexibility index (Phi) is 6.99. The van der Waals surface area contributed by atoms with Crippen LogP contribution in [0.15, 0.2) is 70.4 Å². The van der Waals surface area contributed by atoms with Crippen LogP contribution in [0.3, 0.4) is 0 Å². The normalized spacial score (nSPS) is 18.9. The molecule has 0 bridgehead atoms. The van der Waals surface area contributed by atoms with Crippen molar-refractivity contribution in [2.45, 2.75) is 32.6 Å². The molecule has 0 spiro atoms. The van der Waals surface area contributed by atoms with Crippen LogP contribution in [0.1, 0.15) is 38.2 Å². The van der Waals surface area contributed by atoms with Crippen LogP contribution in [0.5, 0.6) is 5.75 Å². The molecule has 35 heavy (non-hydrogen) atoms. The first-order chi connectivity index (χ1) is 16.7. The number of ether oxygens (including phenoxy) is 1. The maximum absolute atomic E-state index is 13.3. The van der Waals surface area contributed by atoms with Crippen molar-refractivity contribution in [3.63, 3.8) is 0 Å². The molecule has 0 saturated carbocycles. The number of thioether (sulfide) groups is 1. The highest BCUT2D eigenvalue weighted by Crippen LogP contribution is 2.48. The van der Waals surface area contributed by atoms with Gasteiger partial charge in [-0.2, -0.15) is 5.26 Å². The van der Waals surface area contributed by atoms with Crippen LogP contribution in [0, 0.1) is 22.6 Å². The highest BCUT2D eigenvalue weighted by molar-refractivity contribution is 8.03. The number of carbonyl (C=O) groups is 2. The Labute approximate surface area is 208 Å². The van der Waals surface area contributed by atoms with E-state index in [1.165, 1.54) is 36.0 Å². The summed E-state index contributed by atoms with van der Waals surface area (Å²) in [6.07, 6.45) is 1.06. The molecule has 1 atom stereocenters. The molecule has 2 N–H and O–H groups in total. The molecule has 2 aromatic carbocycles. The minimum atomic E-state index is -0.520. The molecular weight excluding hydrogens is 465 g/mol. The first-order valence-electron chi connectivity index (χ1n) is 11.2. The number of dihydropyridines is 1. The van der Waals surface area contributed by atoms with Gasteiger partial charge in [-0.25, -0.2) is 4.39 Å². The Morgan fingerprint density at radius 2 is 1.89 bits per heavy atom. The van der Waals surface area contributed by atoms with Gasteiger partial charge in [0.25, 0.3) is 0 Å². The Morgan fingerprint density at radius 3 is 2.51 bits per heavy atom. The van der Waals surface area contributed by atoms with Crippen molar-refractivity contribution in [1.29, 1.82) is 5.26 Å². The molecule has 0 radical (unpaired) electrons. The van der Waals surface area contributed by atoms with Crippen molar-refractivity contribution in [2.24, 2.45) is 5.41 Å². The molecule has 0 aromatic heterocycles. The molecule has 1 amide bonds. The van der Waals surface area contributed by atoms with Gasteiger partial charge in [0.1, 0.15) is 11.6 Å².